The van der Waals surface area contributed by atoms with Crippen molar-refractivity contribution in [2.24, 2.45) is 0 Å². The summed E-state index contributed by atoms with van der Waals surface area (Å²) in [6.45, 7) is 2.83. The minimum atomic E-state index is 0.707. The highest BCUT2D eigenvalue weighted by Gasteiger charge is 2.13. The molecule has 4 rings (SSSR count). The number of H-pyrrole nitrogens is 1. The average Bonchev–Trinajstić information content (AvgIpc) is 2.98. The molecule has 2 N–H and O–H groups in total. The molecule has 0 aliphatic carbocycles. The molecule has 0 aliphatic rings. The highest BCUT2D eigenvalue weighted by atomic mass is 35.5. The van der Waals surface area contributed by atoms with E-state index >= 15 is 0 Å². The number of halogens is 1. The van der Waals surface area contributed by atoms with Crippen LogP contribution in [0.4, 0.5) is 5.82 Å². The summed E-state index contributed by atoms with van der Waals surface area (Å²) in [6, 6.07) is 20.4. The summed E-state index contributed by atoms with van der Waals surface area (Å²) in [5.41, 5.74) is 6.06. The maximum atomic E-state index is 5.97. The van der Waals surface area contributed by atoms with Crippen LogP contribution in [0.1, 0.15) is 22.4 Å². The molecule has 3 nitrogen and oxygen atoms in total. The maximum absolute atomic E-state index is 5.97. The van der Waals surface area contributed by atoms with Crippen molar-refractivity contribution in [1.29, 1.82) is 0 Å². The molecule has 2 aromatic heterocycles. The topological polar surface area (TPSA) is 40.7 Å². The molecule has 4 aromatic rings. The third kappa shape index (κ3) is 3.44. The van der Waals surface area contributed by atoms with Crippen molar-refractivity contribution < 1.29 is 0 Å². The van der Waals surface area contributed by atoms with Gasteiger partial charge in [0, 0.05) is 28.8 Å². The van der Waals surface area contributed by atoms with Gasteiger partial charge in [0.2, 0.25) is 0 Å². The number of hydrogen-bond donors (Lipinski definition) is 2. The van der Waals surface area contributed by atoms with E-state index in [1.54, 1.807) is 0 Å². The molecule has 0 aliphatic heterocycles. The van der Waals surface area contributed by atoms with E-state index < -0.39 is 0 Å². The molecule has 0 amide bonds. The Morgan fingerprint density at radius 2 is 1.73 bits per heavy atom. The lowest BCUT2D eigenvalue weighted by Gasteiger charge is -2.09. The number of hydrogen-bond acceptors (Lipinski definition) is 2. The number of pyridine rings is 1. The van der Waals surface area contributed by atoms with Crippen LogP contribution in [0.3, 0.4) is 0 Å². The first-order valence-electron chi connectivity index (χ1n) is 8.69. The molecule has 0 fully saturated rings. The Labute approximate surface area is 158 Å². The number of nitrogens with zero attached hydrogens (tertiary/aromatic N) is 1. The minimum Gasteiger partial charge on any atom is -0.365 e. The monoisotopic (exact) mass is 361 g/mol. The Hall–Kier alpha value is -2.78. The normalized spacial score (nSPS) is 11.0. The summed E-state index contributed by atoms with van der Waals surface area (Å²) in [5, 5.41) is 5.41. The van der Waals surface area contributed by atoms with E-state index in [0.29, 0.717) is 6.54 Å². The summed E-state index contributed by atoms with van der Waals surface area (Å²) in [7, 11) is 0. The molecule has 0 atom stereocenters. The van der Waals surface area contributed by atoms with E-state index in [2.05, 4.69) is 46.5 Å². The molecule has 26 heavy (non-hydrogen) atoms. The number of nitrogens with one attached hydrogen (secondary N) is 2. The standard InChI is InChI=1S/C22H20ClN3/c1-15-19(13-16-5-3-2-4-6-16)21-20(26-15)11-12-24-22(21)25-14-17-7-9-18(23)10-8-17/h2-12,26H,13-14H2,1H3,(H,24,25). The van der Waals surface area contributed by atoms with Crippen molar-refractivity contribution in [2.45, 2.75) is 19.9 Å². The van der Waals surface area contributed by atoms with Gasteiger partial charge in [-0.1, -0.05) is 54.1 Å². The van der Waals surface area contributed by atoms with E-state index in [0.717, 1.165) is 22.8 Å². The number of aromatic amines is 1. The maximum Gasteiger partial charge on any atom is 0.135 e. The molecule has 0 saturated carbocycles. The van der Waals surface area contributed by atoms with Gasteiger partial charge in [-0.2, -0.15) is 0 Å². The molecule has 0 unspecified atom stereocenters. The van der Waals surface area contributed by atoms with Crippen molar-refractivity contribution >= 4 is 28.3 Å². The van der Waals surface area contributed by atoms with Crippen molar-refractivity contribution in [2.75, 3.05) is 5.32 Å². The highest BCUT2D eigenvalue weighted by molar-refractivity contribution is 6.30. The fourth-order valence-corrected chi connectivity index (χ4v) is 3.41. The number of fused-ring (bicyclic) bond motifs is 1. The molecular formula is C22H20ClN3. The molecule has 0 bridgehead atoms. The second-order valence-corrected chi connectivity index (χ2v) is 6.89. The lowest BCUT2D eigenvalue weighted by atomic mass is 10.0. The lowest BCUT2D eigenvalue weighted by Crippen LogP contribution is -2.02. The van der Waals surface area contributed by atoms with E-state index in [9.17, 15) is 0 Å². The van der Waals surface area contributed by atoms with Gasteiger partial charge in [-0.05, 0) is 48.2 Å². The smallest absolute Gasteiger partial charge is 0.135 e. The number of benzene rings is 2. The summed E-state index contributed by atoms with van der Waals surface area (Å²) < 4.78 is 0. The van der Waals surface area contributed by atoms with Crippen LogP contribution in [0.5, 0.6) is 0 Å². The summed E-state index contributed by atoms with van der Waals surface area (Å²) in [6.07, 6.45) is 2.72. The largest absolute Gasteiger partial charge is 0.365 e. The van der Waals surface area contributed by atoms with Crippen LogP contribution >= 0.6 is 11.6 Å². The highest BCUT2D eigenvalue weighted by Crippen LogP contribution is 2.30. The van der Waals surface area contributed by atoms with Gasteiger partial charge in [0.1, 0.15) is 5.82 Å². The van der Waals surface area contributed by atoms with Crippen molar-refractivity contribution in [3.05, 3.63) is 94.3 Å². The van der Waals surface area contributed by atoms with Crippen molar-refractivity contribution in [1.82, 2.24) is 9.97 Å². The van der Waals surface area contributed by atoms with Crippen LogP contribution in [0.15, 0.2) is 66.9 Å². The number of aryl methyl sites for hydroxylation is 1. The number of rotatable bonds is 5. The lowest BCUT2D eigenvalue weighted by molar-refractivity contribution is 1.11. The molecular weight excluding hydrogens is 342 g/mol. The second-order valence-electron chi connectivity index (χ2n) is 6.45. The summed E-state index contributed by atoms with van der Waals surface area (Å²) >= 11 is 5.97. The Morgan fingerprint density at radius 3 is 2.50 bits per heavy atom. The van der Waals surface area contributed by atoms with Gasteiger partial charge in [-0.15, -0.1) is 0 Å². The molecule has 130 valence electrons. The van der Waals surface area contributed by atoms with Gasteiger partial charge in [0.25, 0.3) is 0 Å². The first-order chi connectivity index (χ1) is 12.7. The third-order valence-electron chi connectivity index (χ3n) is 4.62. The number of aromatic nitrogens is 2. The van der Waals surface area contributed by atoms with E-state index in [1.165, 1.54) is 27.8 Å². The van der Waals surface area contributed by atoms with E-state index in [1.807, 2.05) is 42.6 Å². The molecule has 4 heteroatoms. The van der Waals surface area contributed by atoms with Gasteiger partial charge in [0.05, 0.1) is 5.52 Å². The molecule has 0 spiro atoms. The van der Waals surface area contributed by atoms with Crippen molar-refractivity contribution in [3.63, 3.8) is 0 Å². The van der Waals surface area contributed by atoms with Gasteiger partial charge in [-0.25, -0.2) is 4.98 Å². The fraction of sp³-hybridized carbons (Fsp3) is 0.136. The van der Waals surface area contributed by atoms with Crippen LogP contribution in [0, 0.1) is 6.92 Å². The average molecular weight is 362 g/mol. The zero-order valence-corrected chi connectivity index (χ0v) is 15.3. The molecule has 2 heterocycles. The van der Waals surface area contributed by atoms with Gasteiger partial charge in [-0.3, -0.25) is 0 Å². The van der Waals surface area contributed by atoms with Crippen LogP contribution in [-0.2, 0) is 13.0 Å². The molecule has 2 aromatic carbocycles. The number of anilines is 1. The quantitative estimate of drug-likeness (QED) is 0.476. The van der Waals surface area contributed by atoms with Crippen LogP contribution in [0.25, 0.3) is 10.9 Å². The first kappa shape index (κ1) is 16.7. The first-order valence-corrected chi connectivity index (χ1v) is 9.07. The zero-order chi connectivity index (χ0) is 17.9. The minimum absolute atomic E-state index is 0.707. The van der Waals surface area contributed by atoms with Crippen LogP contribution in [0.2, 0.25) is 5.02 Å². The Morgan fingerprint density at radius 1 is 0.962 bits per heavy atom. The Kier molecular flexibility index (Phi) is 4.63. The zero-order valence-electron chi connectivity index (χ0n) is 14.6. The predicted octanol–water partition coefficient (Wildman–Crippen LogP) is 5.73. The van der Waals surface area contributed by atoms with Gasteiger partial charge < -0.3 is 10.3 Å². The second kappa shape index (κ2) is 7.22. The SMILES string of the molecule is Cc1[nH]c2ccnc(NCc3ccc(Cl)cc3)c2c1Cc1ccccc1. The van der Waals surface area contributed by atoms with Gasteiger partial charge >= 0.3 is 0 Å². The van der Waals surface area contributed by atoms with Crippen LogP contribution in [-0.4, -0.2) is 9.97 Å². The third-order valence-corrected chi connectivity index (χ3v) is 4.88. The summed E-state index contributed by atoms with van der Waals surface area (Å²) in [5.74, 6) is 0.910. The fourth-order valence-electron chi connectivity index (χ4n) is 3.28. The van der Waals surface area contributed by atoms with Crippen LogP contribution < -0.4 is 5.32 Å². The molecule has 0 radical (unpaired) electrons. The van der Waals surface area contributed by atoms with Crippen molar-refractivity contribution in [3.8, 4) is 0 Å². The van der Waals surface area contributed by atoms with E-state index in [-0.39, 0.29) is 0 Å². The summed E-state index contributed by atoms with van der Waals surface area (Å²) in [4.78, 5) is 8.09. The molecule has 0 saturated heterocycles. The Balaban J connectivity index is 1.67. The Bertz CT molecular complexity index is 1020. The predicted molar refractivity (Wildman–Crippen MR) is 109 cm³/mol. The van der Waals surface area contributed by atoms with E-state index in [4.69, 9.17) is 11.6 Å². The van der Waals surface area contributed by atoms with Gasteiger partial charge in [0.15, 0.2) is 0 Å².